The molecule has 0 radical (unpaired) electrons. The highest BCUT2D eigenvalue weighted by Gasteiger charge is 2.25. The monoisotopic (exact) mass is 304 g/mol. The van der Waals surface area contributed by atoms with Gasteiger partial charge < -0.3 is 15.4 Å². The quantitative estimate of drug-likeness (QED) is 0.881. The number of nitrogens with zero attached hydrogens (tertiary/aromatic N) is 1. The summed E-state index contributed by atoms with van der Waals surface area (Å²) in [5.41, 5.74) is 7.99. The van der Waals surface area contributed by atoms with Crippen molar-refractivity contribution >= 4 is 33.0 Å². The van der Waals surface area contributed by atoms with Gasteiger partial charge in [0.05, 0.1) is 11.8 Å². The third-order valence-electron chi connectivity index (χ3n) is 3.82. The molecule has 21 heavy (non-hydrogen) atoms. The molecule has 2 heterocycles. The third-order valence-corrected chi connectivity index (χ3v) is 4.97. The van der Waals surface area contributed by atoms with Crippen LogP contribution in [0.5, 0.6) is 0 Å². The lowest BCUT2D eigenvalue weighted by Gasteiger charge is -2.21. The van der Waals surface area contributed by atoms with E-state index in [1.807, 2.05) is 30.9 Å². The standard InChI is InChI=1S/C16H20N2O2S/c1-10-4-5-12-13(8-10)21-15(14(12)17)16(19)18-6-3-7-20-11(2)9-18/h4-5,8,11H,3,6-7,9,17H2,1-2H3. The Morgan fingerprint density at radius 3 is 3.10 bits per heavy atom. The highest BCUT2D eigenvalue weighted by atomic mass is 32.1. The Balaban J connectivity index is 1.95. The fourth-order valence-corrected chi connectivity index (χ4v) is 3.89. The number of aryl methyl sites for hydroxylation is 1. The van der Waals surface area contributed by atoms with E-state index in [4.69, 9.17) is 10.5 Å². The van der Waals surface area contributed by atoms with Crippen LogP contribution in [-0.2, 0) is 4.74 Å². The summed E-state index contributed by atoms with van der Waals surface area (Å²) in [4.78, 5) is 15.3. The number of rotatable bonds is 1. The molecule has 1 saturated heterocycles. The van der Waals surface area contributed by atoms with E-state index in [2.05, 4.69) is 6.07 Å². The number of hydrogen-bond acceptors (Lipinski definition) is 4. The third kappa shape index (κ3) is 2.76. The van der Waals surface area contributed by atoms with E-state index in [9.17, 15) is 4.79 Å². The highest BCUT2D eigenvalue weighted by Crippen LogP contribution is 2.35. The second kappa shape index (κ2) is 5.66. The molecule has 1 amide bonds. The number of hydrogen-bond donors (Lipinski definition) is 1. The van der Waals surface area contributed by atoms with Gasteiger partial charge in [-0.15, -0.1) is 11.3 Å². The number of fused-ring (bicyclic) bond motifs is 1. The average Bonchev–Trinajstić information content (AvgIpc) is 2.63. The summed E-state index contributed by atoms with van der Waals surface area (Å²) in [6, 6.07) is 6.12. The first kappa shape index (κ1) is 14.4. The summed E-state index contributed by atoms with van der Waals surface area (Å²) in [5, 5.41) is 0.980. The molecule has 3 rings (SSSR count). The first-order valence-corrected chi connectivity index (χ1v) is 8.07. The molecule has 1 atom stereocenters. The summed E-state index contributed by atoms with van der Waals surface area (Å²) in [6.45, 7) is 6.13. The fraction of sp³-hybridized carbons (Fsp3) is 0.438. The lowest BCUT2D eigenvalue weighted by molar-refractivity contribution is 0.0566. The van der Waals surface area contributed by atoms with Gasteiger partial charge in [-0.1, -0.05) is 12.1 Å². The van der Waals surface area contributed by atoms with Crippen LogP contribution in [0.15, 0.2) is 18.2 Å². The highest BCUT2D eigenvalue weighted by molar-refractivity contribution is 7.21. The van der Waals surface area contributed by atoms with E-state index in [1.54, 1.807) is 0 Å². The molecule has 2 N–H and O–H groups in total. The summed E-state index contributed by atoms with van der Waals surface area (Å²) in [5.74, 6) is 0.0312. The van der Waals surface area contributed by atoms with E-state index in [1.165, 1.54) is 16.9 Å². The summed E-state index contributed by atoms with van der Waals surface area (Å²) in [7, 11) is 0. The second-order valence-corrected chi connectivity index (χ2v) is 6.68. The van der Waals surface area contributed by atoms with Crippen LogP contribution in [0.1, 0.15) is 28.6 Å². The molecule has 1 aliphatic heterocycles. The molecular formula is C16H20N2O2S. The van der Waals surface area contributed by atoms with Gasteiger partial charge in [0.2, 0.25) is 0 Å². The first-order valence-electron chi connectivity index (χ1n) is 7.26. The molecule has 0 aliphatic carbocycles. The van der Waals surface area contributed by atoms with Crippen molar-refractivity contribution in [1.82, 2.24) is 4.90 Å². The van der Waals surface area contributed by atoms with Crippen molar-refractivity contribution < 1.29 is 9.53 Å². The number of thiophene rings is 1. The number of carbonyl (C=O) groups excluding carboxylic acids is 1. The fourth-order valence-electron chi connectivity index (χ4n) is 2.70. The number of carbonyl (C=O) groups is 1. The lowest BCUT2D eigenvalue weighted by atomic mass is 10.1. The molecule has 4 nitrogen and oxygen atoms in total. The van der Waals surface area contributed by atoms with Gasteiger partial charge in [-0.3, -0.25) is 4.79 Å². The zero-order valence-corrected chi connectivity index (χ0v) is 13.2. The van der Waals surface area contributed by atoms with Crippen molar-refractivity contribution in [2.45, 2.75) is 26.4 Å². The maximum atomic E-state index is 12.8. The van der Waals surface area contributed by atoms with Crippen LogP contribution in [0.2, 0.25) is 0 Å². The largest absolute Gasteiger partial charge is 0.397 e. The molecule has 1 aromatic carbocycles. The maximum absolute atomic E-state index is 12.8. The SMILES string of the molecule is Cc1ccc2c(N)c(C(=O)N3CCCOC(C)C3)sc2c1. The van der Waals surface area contributed by atoms with E-state index < -0.39 is 0 Å². The van der Waals surface area contributed by atoms with Gasteiger partial charge in [-0.2, -0.15) is 0 Å². The van der Waals surface area contributed by atoms with Crippen LogP contribution in [0.25, 0.3) is 10.1 Å². The van der Waals surface area contributed by atoms with Crippen LogP contribution >= 0.6 is 11.3 Å². The molecule has 2 aromatic rings. The molecule has 1 aliphatic rings. The van der Waals surface area contributed by atoms with Gasteiger partial charge in [0.15, 0.2) is 0 Å². The molecule has 0 spiro atoms. The average molecular weight is 304 g/mol. The summed E-state index contributed by atoms with van der Waals surface area (Å²) < 4.78 is 6.68. The van der Waals surface area contributed by atoms with E-state index in [0.29, 0.717) is 23.7 Å². The molecule has 0 saturated carbocycles. The van der Waals surface area contributed by atoms with Crippen LogP contribution < -0.4 is 5.73 Å². The van der Waals surface area contributed by atoms with Gasteiger partial charge in [0.1, 0.15) is 4.88 Å². The van der Waals surface area contributed by atoms with Gasteiger partial charge in [0, 0.05) is 29.8 Å². The Morgan fingerprint density at radius 2 is 2.29 bits per heavy atom. The van der Waals surface area contributed by atoms with Gasteiger partial charge in [-0.05, 0) is 31.9 Å². The molecule has 112 valence electrons. The number of benzene rings is 1. The molecular weight excluding hydrogens is 284 g/mol. The number of amides is 1. The molecule has 1 fully saturated rings. The predicted octanol–water partition coefficient (Wildman–Crippen LogP) is 3.04. The van der Waals surface area contributed by atoms with Crippen molar-refractivity contribution in [2.75, 3.05) is 25.4 Å². The Labute approximate surface area is 128 Å². The molecule has 5 heteroatoms. The Kier molecular flexibility index (Phi) is 3.87. The van der Waals surface area contributed by atoms with Crippen molar-refractivity contribution in [3.8, 4) is 0 Å². The van der Waals surface area contributed by atoms with E-state index in [0.717, 1.165) is 23.1 Å². The van der Waals surface area contributed by atoms with Gasteiger partial charge >= 0.3 is 0 Å². The van der Waals surface area contributed by atoms with Crippen LogP contribution in [-0.4, -0.2) is 36.6 Å². The number of anilines is 1. The molecule has 1 aromatic heterocycles. The minimum absolute atomic E-state index is 0.0312. The Hall–Kier alpha value is -1.59. The maximum Gasteiger partial charge on any atom is 0.266 e. The summed E-state index contributed by atoms with van der Waals surface area (Å²) in [6.07, 6.45) is 0.953. The van der Waals surface area contributed by atoms with Crippen LogP contribution in [0.3, 0.4) is 0 Å². The normalized spacial score (nSPS) is 19.7. The van der Waals surface area contributed by atoms with Crippen molar-refractivity contribution in [2.24, 2.45) is 0 Å². The zero-order chi connectivity index (χ0) is 15.0. The topological polar surface area (TPSA) is 55.6 Å². The molecule has 0 bridgehead atoms. The van der Waals surface area contributed by atoms with E-state index >= 15 is 0 Å². The minimum atomic E-state index is 0.0312. The lowest BCUT2D eigenvalue weighted by Crippen LogP contribution is -2.35. The zero-order valence-electron chi connectivity index (χ0n) is 12.4. The van der Waals surface area contributed by atoms with E-state index in [-0.39, 0.29) is 12.0 Å². The van der Waals surface area contributed by atoms with Gasteiger partial charge in [-0.25, -0.2) is 0 Å². The van der Waals surface area contributed by atoms with Crippen LogP contribution in [0.4, 0.5) is 5.69 Å². The Morgan fingerprint density at radius 1 is 1.48 bits per heavy atom. The number of nitrogens with two attached hydrogens (primary N) is 1. The van der Waals surface area contributed by atoms with Crippen molar-refractivity contribution in [3.05, 3.63) is 28.6 Å². The first-order chi connectivity index (χ1) is 10.1. The van der Waals surface area contributed by atoms with Crippen molar-refractivity contribution in [1.29, 1.82) is 0 Å². The van der Waals surface area contributed by atoms with Gasteiger partial charge in [0.25, 0.3) is 5.91 Å². The van der Waals surface area contributed by atoms with Crippen molar-refractivity contribution in [3.63, 3.8) is 0 Å². The number of nitrogen functional groups attached to an aromatic ring is 1. The predicted molar refractivity (Wildman–Crippen MR) is 86.9 cm³/mol. The minimum Gasteiger partial charge on any atom is -0.397 e. The Bertz CT molecular complexity index is 680. The summed E-state index contributed by atoms with van der Waals surface area (Å²) >= 11 is 1.49. The van der Waals surface area contributed by atoms with Crippen LogP contribution in [0, 0.1) is 6.92 Å². The molecule has 1 unspecified atom stereocenters. The second-order valence-electron chi connectivity index (χ2n) is 5.63. The smallest absolute Gasteiger partial charge is 0.266 e. The number of ether oxygens (including phenoxy) is 1.